The summed E-state index contributed by atoms with van der Waals surface area (Å²) in [5, 5.41) is 0. The first-order valence-electron chi connectivity index (χ1n) is 4.57. The Morgan fingerprint density at radius 3 is 2.40 bits per heavy atom. The molecule has 0 N–H and O–H groups in total. The summed E-state index contributed by atoms with van der Waals surface area (Å²) in [7, 11) is 0. The zero-order chi connectivity index (χ0) is 11.6. The Kier molecular flexibility index (Phi) is 3.17. The Balaban J connectivity index is 3.33. The van der Waals surface area contributed by atoms with E-state index in [0.717, 1.165) is 6.07 Å². The van der Waals surface area contributed by atoms with Crippen molar-refractivity contribution >= 4 is 5.78 Å². The number of carbonyl (C=O) groups excluding carboxylic acids is 1. The minimum absolute atomic E-state index is 0.0759. The van der Waals surface area contributed by atoms with E-state index in [0.29, 0.717) is 5.56 Å². The van der Waals surface area contributed by atoms with Crippen LogP contribution in [0.1, 0.15) is 34.8 Å². The molecule has 1 rings (SSSR count). The van der Waals surface area contributed by atoms with Crippen molar-refractivity contribution in [2.75, 3.05) is 0 Å². The highest BCUT2D eigenvalue weighted by Crippen LogP contribution is 2.32. The van der Waals surface area contributed by atoms with E-state index in [9.17, 15) is 18.0 Å². The van der Waals surface area contributed by atoms with Gasteiger partial charge in [-0.3, -0.25) is 4.79 Å². The van der Waals surface area contributed by atoms with Crippen LogP contribution in [0.25, 0.3) is 0 Å². The predicted octanol–water partition coefficient (Wildman–Crippen LogP) is 3.61. The van der Waals surface area contributed by atoms with E-state index in [1.165, 1.54) is 12.1 Å². The van der Waals surface area contributed by atoms with Gasteiger partial charge in [0.2, 0.25) is 0 Å². The van der Waals surface area contributed by atoms with Gasteiger partial charge in [0.25, 0.3) is 0 Å². The van der Waals surface area contributed by atoms with Crippen LogP contribution >= 0.6 is 0 Å². The van der Waals surface area contributed by atoms with Gasteiger partial charge in [0.05, 0.1) is 5.56 Å². The van der Waals surface area contributed by atoms with E-state index in [1.54, 1.807) is 13.8 Å². The largest absolute Gasteiger partial charge is 0.417 e. The van der Waals surface area contributed by atoms with Crippen LogP contribution in [0, 0.1) is 6.92 Å². The third-order valence-electron chi connectivity index (χ3n) is 2.10. The number of Topliss-reactive ketones (excluding diaryl/α,β-unsaturated/α-hetero) is 1. The van der Waals surface area contributed by atoms with Gasteiger partial charge in [0, 0.05) is 12.0 Å². The number of hydrogen-bond donors (Lipinski definition) is 0. The van der Waals surface area contributed by atoms with Gasteiger partial charge in [-0.1, -0.05) is 18.6 Å². The molecule has 0 fully saturated rings. The maximum Gasteiger partial charge on any atom is 0.417 e. The number of hydrogen-bond acceptors (Lipinski definition) is 1. The molecule has 0 atom stereocenters. The smallest absolute Gasteiger partial charge is 0.294 e. The summed E-state index contributed by atoms with van der Waals surface area (Å²) < 4.78 is 37.6. The maximum atomic E-state index is 12.5. The van der Waals surface area contributed by atoms with Crippen molar-refractivity contribution in [1.82, 2.24) is 0 Å². The molecule has 15 heavy (non-hydrogen) atoms. The summed E-state index contributed by atoms with van der Waals surface area (Å²) in [4.78, 5) is 11.3. The van der Waals surface area contributed by atoms with Gasteiger partial charge in [-0.2, -0.15) is 13.2 Å². The summed E-state index contributed by atoms with van der Waals surface area (Å²) in [6.07, 6.45) is -4.39. The Morgan fingerprint density at radius 1 is 1.33 bits per heavy atom. The molecule has 4 heteroatoms. The zero-order valence-electron chi connectivity index (χ0n) is 8.48. The fraction of sp³-hybridized carbons (Fsp3) is 0.364. The fourth-order valence-electron chi connectivity index (χ4n) is 1.33. The van der Waals surface area contributed by atoms with Gasteiger partial charge in [0.1, 0.15) is 0 Å². The third-order valence-corrected chi connectivity index (χ3v) is 2.10. The van der Waals surface area contributed by atoms with Crippen LogP contribution in [-0.4, -0.2) is 5.78 Å². The van der Waals surface area contributed by atoms with Crippen molar-refractivity contribution in [3.8, 4) is 0 Å². The molecule has 1 aromatic rings. The molecule has 82 valence electrons. The zero-order valence-corrected chi connectivity index (χ0v) is 8.48. The minimum Gasteiger partial charge on any atom is -0.294 e. The second-order valence-corrected chi connectivity index (χ2v) is 3.32. The minimum atomic E-state index is -4.46. The molecule has 0 aliphatic carbocycles. The van der Waals surface area contributed by atoms with Crippen LogP contribution in [0.15, 0.2) is 18.2 Å². The first-order valence-corrected chi connectivity index (χ1v) is 4.57. The molecule has 0 spiro atoms. The molecule has 0 saturated heterocycles. The van der Waals surface area contributed by atoms with Crippen LogP contribution in [-0.2, 0) is 6.18 Å². The lowest BCUT2D eigenvalue weighted by molar-refractivity contribution is -0.137. The number of carbonyl (C=O) groups is 1. The summed E-state index contributed by atoms with van der Waals surface area (Å²) >= 11 is 0. The molecule has 0 bridgehead atoms. The van der Waals surface area contributed by atoms with Gasteiger partial charge < -0.3 is 0 Å². The molecule has 0 amide bonds. The average molecular weight is 216 g/mol. The monoisotopic (exact) mass is 216 g/mol. The van der Waals surface area contributed by atoms with Crippen molar-refractivity contribution in [2.24, 2.45) is 0 Å². The van der Waals surface area contributed by atoms with Gasteiger partial charge in [0.15, 0.2) is 5.78 Å². The molecule has 0 aliphatic heterocycles. The molecule has 0 aromatic heterocycles. The normalized spacial score (nSPS) is 11.5. The first kappa shape index (κ1) is 11.8. The highest BCUT2D eigenvalue weighted by Gasteiger charge is 2.34. The van der Waals surface area contributed by atoms with Gasteiger partial charge in [-0.05, 0) is 19.1 Å². The van der Waals surface area contributed by atoms with E-state index < -0.39 is 17.5 Å². The lowest BCUT2D eigenvalue weighted by atomic mass is 9.99. The SMILES string of the molecule is CCC(=O)c1cc(C)ccc1C(F)(F)F. The second kappa shape index (κ2) is 4.04. The van der Waals surface area contributed by atoms with Crippen LogP contribution in [0.5, 0.6) is 0 Å². The summed E-state index contributed by atoms with van der Waals surface area (Å²) in [6.45, 7) is 3.21. The van der Waals surface area contributed by atoms with Crippen molar-refractivity contribution in [3.05, 3.63) is 34.9 Å². The number of benzene rings is 1. The number of halogens is 3. The van der Waals surface area contributed by atoms with Crippen LogP contribution in [0.4, 0.5) is 13.2 Å². The molecule has 1 nitrogen and oxygen atoms in total. The molecular weight excluding hydrogens is 205 g/mol. The summed E-state index contributed by atoms with van der Waals surface area (Å²) in [5.74, 6) is -0.481. The number of aryl methyl sites for hydroxylation is 1. The molecule has 0 saturated carbocycles. The molecule has 0 aliphatic rings. The van der Waals surface area contributed by atoms with Gasteiger partial charge in [-0.15, -0.1) is 0 Å². The number of ketones is 1. The Bertz CT molecular complexity index is 380. The summed E-state index contributed by atoms with van der Waals surface area (Å²) in [6, 6.07) is 3.60. The first-order chi connectivity index (χ1) is 6.86. The van der Waals surface area contributed by atoms with Crippen LogP contribution in [0.3, 0.4) is 0 Å². The molecule has 0 unspecified atom stereocenters. The maximum absolute atomic E-state index is 12.5. The van der Waals surface area contributed by atoms with Crippen molar-refractivity contribution in [2.45, 2.75) is 26.4 Å². The quantitative estimate of drug-likeness (QED) is 0.690. The highest BCUT2D eigenvalue weighted by molar-refractivity contribution is 5.97. The van der Waals surface area contributed by atoms with E-state index in [2.05, 4.69) is 0 Å². The molecular formula is C11H11F3O. The highest BCUT2D eigenvalue weighted by atomic mass is 19.4. The van der Waals surface area contributed by atoms with Crippen molar-refractivity contribution in [1.29, 1.82) is 0 Å². The van der Waals surface area contributed by atoms with E-state index in [4.69, 9.17) is 0 Å². The van der Waals surface area contributed by atoms with E-state index in [-0.39, 0.29) is 12.0 Å². The third kappa shape index (κ3) is 2.58. The predicted molar refractivity (Wildman–Crippen MR) is 50.8 cm³/mol. The lowest BCUT2D eigenvalue weighted by Crippen LogP contribution is -2.12. The second-order valence-electron chi connectivity index (χ2n) is 3.32. The van der Waals surface area contributed by atoms with Crippen molar-refractivity contribution in [3.63, 3.8) is 0 Å². The standard InChI is InChI=1S/C11H11F3O/c1-3-10(15)8-6-7(2)4-5-9(8)11(12,13)14/h4-6H,3H2,1-2H3. The Morgan fingerprint density at radius 2 is 1.93 bits per heavy atom. The Labute approximate surface area is 85.9 Å². The van der Waals surface area contributed by atoms with Crippen LogP contribution in [0.2, 0.25) is 0 Å². The van der Waals surface area contributed by atoms with Crippen LogP contribution < -0.4 is 0 Å². The number of alkyl halides is 3. The summed E-state index contributed by atoms with van der Waals surface area (Å²) in [5.41, 5.74) is -0.426. The average Bonchev–Trinajstić information content (AvgIpc) is 2.14. The van der Waals surface area contributed by atoms with E-state index >= 15 is 0 Å². The molecule has 1 aromatic carbocycles. The van der Waals surface area contributed by atoms with Crippen molar-refractivity contribution < 1.29 is 18.0 Å². The Hall–Kier alpha value is -1.32. The van der Waals surface area contributed by atoms with E-state index in [1.807, 2.05) is 0 Å². The molecule has 0 radical (unpaired) electrons. The fourth-order valence-corrected chi connectivity index (χ4v) is 1.33. The molecule has 0 heterocycles. The topological polar surface area (TPSA) is 17.1 Å². The lowest BCUT2D eigenvalue weighted by Gasteiger charge is -2.11. The van der Waals surface area contributed by atoms with Gasteiger partial charge >= 0.3 is 6.18 Å². The number of rotatable bonds is 2. The van der Waals surface area contributed by atoms with Gasteiger partial charge in [-0.25, -0.2) is 0 Å².